The van der Waals surface area contributed by atoms with E-state index in [9.17, 15) is 8.42 Å². The number of halogens is 2. The van der Waals surface area contributed by atoms with Gasteiger partial charge in [0, 0.05) is 74.1 Å². The first-order chi connectivity index (χ1) is 18.4. The van der Waals surface area contributed by atoms with Gasteiger partial charge in [-0.25, -0.2) is 27.8 Å². The molecule has 0 bridgehead atoms. The first-order valence-corrected chi connectivity index (χ1v) is 14.8. The van der Waals surface area contributed by atoms with E-state index in [0.717, 1.165) is 5.39 Å². The van der Waals surface area contributed by atoms with Crippen LogP contribution in [-0.4, -0.2) is 64.9 Å². The molecule has 206 valence electrons. The third-order valence-corrected chi connectivity index (χ3v) is 8.43. The number of benzene rings is 1. The van der Waals surface area contributed by atoms with Gasteiger partial charge in [0.15, 0.2) is 11.0 Å². The molecule has 4 aromatic rings. The van der Waals surface area contributed by atoms with E-state index in [0.29, 0.717) is 51.4 Å². The third kappa shape index (κ3) is 5.41. The molecule has 3 atom stereocenters. The molecule has 0 unspecified atom stereocenters. The van der Waals surface area contributed by atoms with Crippen molar-refractivity contribution in [2.24, 2.45) is 13.0 Å². The fraction of sp³-hybridized carbons (Fsp3) is 0.385. The first-order valence-electron chi connectivity index (χ1n) is 12.3. The zero-order valence-corrected chi connectivity index (χ0v) is 23.8. The molecule has 1 aliphatic rings. The van der Waals surface area contributed by atoms with Gasteiger partial charge in [-0.3, -0.25) is 4.68 Å². The molecule has 39 heavy (non-hydrogen) atoms. The molecule has 1 N–H and O–H groups in total. The maximum absolute atomic E-state index is 15.6. The van der Waals surface area contributed by atoms with Crippen molar-refractivity contribution in [3.8, 4) is 11.4 Å². The molecule has 13 heteroatoms. The number of hydrogen-bond acceptors (Lipinski definition) is 9. The number of nitrogens with zero attached hydrogens (tertiary/aromatic N) is 6. The second-order valence-electron chi connectivity index (χ2n) is 9.93. The third-order valence-electron chi connectivity index (χ3n) is 7.12. The maximum atomic E-state index is 15.6. The largest absolute Gasteiger partial charge is 0.377 e. The Bertz CT molecular complexity index is 1660. The highest BCUT2D eigenvalue weighted by Crippen LogP contribution is 2.41. The number of pyridine rings is 1. The van der Waals surface area contributed by atoms with Crippen molar-refractivity contribution in [1.82, 2.24) is 24.7 Å². The van der Waals surface area contributed by atoms with Crippen LogP contribution in [0, 0.1) is 11.7 Å². The van der Waals surface area contributed by atoms with Gasteiger partial charge in [-0.05, 0) is 37.4 Å². The Morgan fingerprint density at radius 1 is 1.26 bits per heavy atom. The van der Waals surface area contributed by atoms with Crippen LogP contribution >= 0.6 is 11.6 Å². The maximum Gasteiger partial charge on any atom is 0.166 e. The minimum atomic E-state index is -3.11. The van der Waals surface area contributed by atoms with Crippen LogP contribution in [-0.2, 0) is 21.6 Å². The Morgan fingerprint density at radius 2 is 2.03 bits per heavy atom. The molecule has 0 spiro atoms. The van der Waals surface area contributed by atoms with Gasteiger partial charge in [-0.2, -0.15) is 5.10 Å². The van der Waals surface area contributed by atoms with Crippen molar-refractivity contribution in [3.63, 3.8) is 0 Å². The predicted molar refractivity (Wildman–Crippen MR) is 150 cm³/mol. The average Bonchev–Trinajstić information content (AvgIpc) is 3.22. The zero-order chi connectivity index (χ0) is 28.1. The molecular formula is C26H29ClFN7O3S. The summed E-state index contributed by atoms with van der Waals surface area (Å²) in [6.45, 7) is 4.26. The van der Waals surface area contributed by atoms with Crippen LogP contribution in [0.15, 0.2) is 36.8 Å². The summed E-state index contributed by atoms with van der Waals surface area (Å²) in [7, 11) is 0.178. The number of fused-ring (bicyclic) bond motifs is 1. The van der Waals surface area contributed by atoms with E-state index in [1.165, 1.54) is 19.4 Å². The normalized spacial score (nSPS) is 18.3. The predicted octanol–water partition coefficient (Wildman–Crippen LogP) is 4.54. The van der Waals surface area contributed by atoms with Crippen molar-refractivity contribution >= 4 is 49.5 Å². The van der Waals surface area contributed by atoms with Crippen molar-refractivity contribution in [2.75, 3.05) is 35.9 Å². The number of methoxy groups -OCH3 is 1. The molecule has 0 aliphatic carbocycles. The van der Waals surface area contributed by atoms with Crippen LogP contribution < -0.4 is 10.2 Å². The van der Waals surface area contributed by atoms with Crippen molar-refractivity contribution in [2.45, 2.75) is 26.0 Å². The van der Waals surface area contributed by atoms with Crippen molar-refractivity contribution in [1.29, 1.82) is 0 Å². The molecule has 1 saturated heterocycles. The number of rotatable bonds is 8. The summed E-state index contributed by atoms with van der Waals surface area (Å²) in [5.74, 6) is 1.00. The zero-order valence-electron chi connectivity index (χ0n) is 22.2. The summed E-state index contributed by atoms with van der Waals surface area (Å²) >= 11 is 6.21. The Morgan fingerprint density at radius 3 is 2.67 bits per heavy atom. The SMILES string of the molecule is CO[C@H](C)c1c(F)cc(N2C[C@H](CS(C)(=O)=O)[C@H]2C)c2cnc(Nc3ccnc(-c4cn(C)nc4Cl)n3)cc12. The number of aromatic nitrogens is 5. The van der Waals surface area contributed by atoms with Gasteiger partial charge in [0.1, 0.15) is 27.3 Å². The number of anilines is 3. The minimum Gasteiger partial charge on any atom is -0.377 e. The Labute approximate surface area is 231 Å². The van der Waals surface area contributed by atoms with Crippen molar-refractivity contribution in [3.05, 3.63) is 53.3 Å². The van der Waals surface area contributed by atoms with Gasteiger partial charge in [-0.1, -0.05) is 11.6 Å². The second kappa shape index (κ2) is 10.3. The van der Waals surface area contributed by atoms with Crippen LogP contribution in [0.1, 0.15) is 25.5 Å². The van der Waals surface area contributed by atoms with Crippen LogP contribution in [0.3, 0.4) is 0 Å². The number of ether oxygens (including phenoxy) is 1. The molecule has 0 saturated carbocycles. The molecule has 5 rings (SSSR count). The topological polar surface area (TPSA) is 115 Å². The number of aryl methyl sites for hydroxylation is 1. The summed E-state index contributed by atoms with van der Waals surface area (Å²) in [6, 6.07) is 4.89. The lowest BCUT2D eigenvalue weighted by atomic mass is 9.89. The van der Waals surface area contributed by atoms with Crippen LogP contribution in [0.4, 0.5) is 21.7 Å². The van der Waals surface area contributed by atoms with Gasteiger partial charge >= 0.3 is 0 Å². The standard InChI is InChI=1S/C26H29ClFN7O3S/c1-14-16(13-39(5,36)37)11-35(14)21-9-20(28)24(15(2)38-4)17-8-23(30-10-18(17)21)31-22-6-7-29-26(32-22)19-12-34(3)33-25(19)27/h6-10,12,14-16H,11,13H2,1-5H3,(H,29,30,31,32)/t14-,15-,16-/m1/s1. The fourth-order valence-corrected chi connectivity index (χ4v) is 6.42. The molecular weight excluding hydrogens is 545 g/mol. The highest BCUT2D eigenvalue weighted by atomic mass is 35.5. The highest BCUT2D eigenvalue weighted by molar-refractivity contribution is 7.90. The molecule has 10 nitrogen and oxygen atoms in total. The van der Waals surface area contributed by atoms with E-state index in [4.69, 9.17) is 16.3 Å². The van der Waals surface area contributed by atoms with Crippen molar-refractivity contribution < 1.29 is 17.5 Å². The molecule has 1 fully saturated rings. The van der Waals surface area contributed by atoms with Gasteiger partial charge in [0.25, 0.3) is 0 Å². The molecule has 1 aliphatic heterocycles. The quantitative estimate of drug-likeness (QED) is 0.324. The first kappa shape index (κ1) is 27.2. The monoisotopic (exact) mass is 573 g/mol. The van der Waals surface area contributed by atoms with Gasteiger partial charge in [0.2, 0.25) is 0 Å². The molecule has 1 aromatic carbocycles. The second-order valence-corrected chi connectivity index (χ2v) is 12.5. The molecule has 0 radical (unpaired) electrons. The van der Waals surface area contributed by atoms with Gasteiger partial charge in [0.05, 0.1) is 17.4 Å². The Kier molecular flexibility index (Phi) is 7.21. The minimum absolute atomic E-state index is 0.0233. The van der Waals surface area contributed by atoms with Gasteiger partial charge in [-0.15, -0.1) is 0 Å². The summed E-state index contributed by atoms with van der Waals surface area (Å²) < 4.78 is 46.3. The lowest BCUT2D eigenvalue weighted by Crippen LogP contribution is -2.57. The van der Waals surface area contributed by atoms with E-state index in [1.807, 2.05) is 11.8 Å². The average molecular weight is 574 g/mol. The van der Waals surface area contributed by atoms with Crippen LogP contribution in [0.5, 0.6) is 0 Å². The number of hydrogen-bond donors (Lipinski definition) is 1. The van der Waals surface area contributed by atoms with E-state index < -0.39 is 21.8 Å². The van der Waals surface area contributed by atoms with Gasteiger partial charge < -0.3 is 15.0 Å². The number of nitrogens with one attached hydrogen (secondary N) is 1. The smallest absolute Gasteiger partial charge is 0.166 e. The molecule has 3 aromatic heterocycles. The summed E-state index contributed by atoms with van der Waals surface area (Å²) in [5, 5.41) is 8.98. The fourth-order valence-electron chi connectivity index (χ4n) is 5.01. The lowest BCUT2D eigenvalue weighted by Gasteiger charge is -2.48. The van der Waals surface area contributed by atoms with E-state index in [2.05, 4.69) is 25.4 Å². The Balaban J connectivity index is 1.52. The van der Waals surface area contributed by atoms with Crippen LogP contribution in [0.25, 0.3) is 22.2 Å². The number of sulfone groups is 1. The summed E-state index contributed by atoms with van der Waals surface area (Å²) in [4.78, 5) is 15.4. The summed E-state index contributed by atoms with van der Waals surface area (Å²) in [6.07, 6.45) is 5.75. The molecule has 4 heterocycles. The lowest BCUT2D eigenvalue weighted by molar-refractivity contribution is 0.117. The van der Waals surface area contributed by atoms with E-state index >= 15 is 4.39 Å². The highest BCUT2D eigenvalue weighted by Gasteiger charge is 2.38. The van der Waals surface area contributed by atoms with E-state index in [1.54, 1.807) is 49.4 Å². The Hall–Kier alpha value is -3.35. The molecule has 0 amide bonds. The van der Waals surface area contributed by atoms with E-state index in [-0.39, 0.29) is 17.7 Å². The summed E-state index contributed by atoms with van der Waals surface area (Å²) in [5.41, 5.74) is 1.67. The van der Waals surface area contributed by atoms with Crippen LogP contribution in [0.2, 0.25) is 5.15 Å².